The van der Waals surface area contributed by atoms with Crippen LogP contribution in [0, 0.1) is 5.92 Å². The first-order chi connectivity index (χ1) is 13.0. The van der Waals surface area contributed by atoms with Crippen LogP contribution in [0.15, 0.2) is 24.3 Å². The smallest absolute Gasteiger partial charge is 0.336 e. The van der Waals surface area contributed by atoms with Gasteiger partial charge in [-0.05, 0) is 18.1 Å². The van der Waals surface area contributed by atoms with Gasteiger partial charge in [-0.3, -0.25) is 0 Å². The van der Waals surface area contributed by atoms with Gasteiger partial charge in [0.05, 0.1) is 11.1 Å². The summed E-state index contributed by atoms with van der Waals surface area (Å²) in [4.78, 5) is 20.9. The lowest BCUT2D eigenvalue weighted by Gasteiger charge is -2.15. The molecule has 0 aliphatic carbocycles. The minimum Gasteiger partial charge on any atom is -0.478 e. The molecule has 0 bridgehead atoms. The van der Waals surface area contributed by atoms with Crippen LogP contribution in [0.1, 0.15) is 112 Å². The van der Waals surface area contributed by atoms with E-state index in [0.717, 1.165) is 5.92 Å². The van der Waals surface area contributed by atoms with Gasteiger partial charge in [0, 0.05) is 0 Å². The first-order valence-corrected chi connectivity index (χ1v) is 10.5. The molecule has 2 N–H and O–H groups in total. The van der Waals surface area contributed by atoms with E-state index >= 15 is 0 Å². The number of unbranched alkanes of at least 4 members (excludes halogenated alkanes) is 5. The van der Waals surface area contributed by atoms with Crippen molar-refractivity contribution in [3.05, 3.63) is 35.4 Å². The Labute approximate surface area is 165 Å². The lowest BCUT2D eigenvalue weighted by Crippen LogP contribution is -2.06. The first kappa shape index (κ1) is 25.2. The summed E-state index contributed by atoms with van der Waals surface area (Å²) in [5, 5.41) is 17.1. The number of carboxylic acids is 2. The molecule has 0 aromatic heterocycles. The molecule has 1 aromatic carbocycles. The maximum Gasteiger partial charge on any atom is 0.336 e. The van der Waals surface area contributed by atoms with Crippen molar-refractivity contribution < 1.29 is 19.8 Å². The predicted molar refractivity (Wildman–Crippen MR) is 112 cm³/mol. The lowest BCUT2D eigenvalue weighted by atomic mass is 9.91. The van der Waals surface area contributed by atoms with Crippen molar-refractivity contribution in [1.82, 2.24) is 0 Å². The molecular formula is C23H38O4. The number of aromatic carboxylic acids is 2. The van der Waals surface area contributed by atoms with Gasteiger partial charge < -0.3 is 10.2 Å². The molecule has 1 unspecified atom stereocenters. The maximum atomic E-state index is 10.5. The fourth-order valence-corrected chi connectivity index (χ4v) is 3.24. The van der Waals surface area contributed by atoms with Gasteiger partial charge in [0.2, 0.25) is 0 Å². The molecule has 4 heteroatoms. The quantitative estimate of drug-likeness (QED) is 0.361. The van der Waals surface area contributed by atoms with Crippen LogP contribution >= 0.6 is 0 Å². The molecule has 154 valence electrons. The normalized spacial score (nSPS) is 11.4. The van der Waals surface area contributed by atoms with Crippen LogP contribution in [0.25, 0.3) is 0 Å². The van der Waals surface area contributed by atoms with Gasteiger partial charge in [-0.25, -0.2) is 9.59 Å². The molecule has 27 heavy (non-hydrogen) atoms. The third-order valence-electron chi connectivity index (χ3n) is 4.77. The van der Waals surface area contributed by atoms with Crippen LogP contribution in [0.4, 0.5) is 0 Å². The highest BCUT2D eigenvalue weighted by Gasteiger charge is 2.13. The summed E-state index contributed by atoms with van der Waals surface area (Å²) in [6, 6.07) is 5.48. The van der Waals surface area contributed by atoms with Gasteiger partial charge in [-0.2, -0.15) is 0 Å². The van der Waals surface area contributed by atoms with Crippen molar-refractivity contribution in [1.29, 1.82) is 0 Å². The largest absolute Gasteiger partial charge is 0.478 e. The van der Waals surface area contributed by atoms with Crippen molar-refractivity contribution in [2.45, 2.75) is 91.4 Å². The summed E-state index contributed by atoms with van der Waals surface area (Å²) < 4.78 is 0. The molecule has 1 rings (SSSR count). The monoisotopic (exact) mass is 378 g/mol. The Hall–Kier alpha value is -1.84. The average molecular weight is 379 g/mol. The summed E-state index contributed by atoms with van der Waals surface area (Å²) in [5.74, 6) is -1.42. The fraction of sp³-hybridized carbons (Fsp3) is 0.652. The molecular weight excluding hydrogens is 340 g/mol. The molecule has 0 radical (unpaired) electrons. The molecule has 0 heterocycles. The number of benzene rings is 1. The minimum absolute atomic E-state index is 0.190. The van der Waals surface area contributed by atoms with Crippen LogP contribution in [-0.4, -0.2) is 22.2 Å². The van der Waals surface area contributed by atoms with Crippen LogP contribution in [0.3, 0.4) is 0 Å². The highest BCUT2D eigenvalue weighted by molar-refractivity contribution is 6.01. The number of rotatable bonds is 13. The topological polar surface area (TPSA) is 74.6 Å². The van der Waals surface area contributed by atoms with Crippen LogP contribution < -0.4 is 0 Å². The van der Waals surface area contributed by atoms with E-state index in [1.807, 2.05) is 0 Å². The predicted octanol–water partition coefficient (Wildman–Crippen LogP) is 7.04. The van der Waals surface area contributed by atoms with Crippen molar-refractivity contribution in [3.63, 3.8) is 0 Å². The molecule has 4 nitrogen and oxygen atoms in total. The van der Waals surface area contributed by atoms with Crippen LogP contribution in [-0.2, 0) is 0 Å². The number of hydrogen-bond acceptors (Lipinski definition) is 2. The van der Waals surface area contributed by atoms with Crippen molar-refractivity contribution in [2.24, 2.45) is 5.92 Å². The Kier molecular flexibility index (Phi) is 15.2. The Morgan fingerprint density at radius 3 is 1.56 bits per heavy atom. The van der Waals surface area contributed by atoms with Gasteiger partial charge in [0.25, 0.3) is 0 Å². The van der Waals surface area contributed by atoms with Crippen molar-refractivity contribution >= 4 is 11.9 Å². The Morgan fingerprint density at radius 2 is 1.15 bits per heavy atom. The second-order valence-electron chi connectivity index (χ2n) is 7.16. The second kappa shape index (κ2) is 16.3. The van der Waals surface area contributed by atoms with Gasteiger partial charge in [-0.15, -0.1) is 0 Å². The fourth-order valence-electron chi connectivity index (χ4n) is 3.24. The molecule has 0 saturated carbocycles. The molecule has 0 spiro atoms. The molecule has 0 fully saturated rings. The molecule has 0 amide bonds. The van der Waals surface area contributed by atoms with Gasteiger partial charge in [0.15, 0.2) is 0 Å². The molecule has 0 saturated heterocycles. The van der Waals surface area contributed by atoms with E-state index in [1.165, 1.54) is 94.9 Å². The third-order valence-corrected chi connectivity index (χ3v) is 4.77. The summed E-state index contributed by atoms with van der Waals surface area (Å²) >= 11 is 0. The standard InChI is InChI=1S/C15H32.C8H6O4/c1-4-7-9-11-14-15(12-6-3)13-10-8-5-2;9-7(10)5-3-1-2-4-6(5)8(11)12/h15H,4-14H2,1-3H3;1-4H,(H,9,10)(H,11,12). The zero-order valence-electron chi connectivity index (χ0n) is 17.4. The van der Waals surface area contributed by atoms with Crippen LogP contribution in [0.2, 0.25) is 0 Å². The average Bonchev–Trinajstić information content (AvgIpc) is 2.65. The summed E-state index contributed by atoms with van der Waals surface area (Å²) in [6.07, 6.45) is 15.9. The summed E-state index contributed by atoms with van der Waals surface area (Å²) in [5.41, 5.74) is -0.380. The first-order valence-electron chi connectivity index (χ1n) is 10.5. The highest BCUT2D eigenvalue weighted by atomic mass is 16.4. The Morgan fingerprint density at radius 1 is 0.704 bits per heavy atom. The summed E-state index contributed by atoms with van der Waals surface area (Å²) in [7, 11) is 0. The van der Waals surface area contributed by atoms with Crippen molar-refractivity contribution in [2.75, 3.05) is 0 Å². The van der Waals surface area contributed by atoms with Gasteiger partial charge >= 0.3 is 11.9 Å². The third kappa shape index (κ3) is 12.2. The van der Waals surface area contributed by atoms with E-state index in [2.05, 4.69) is 20.8 Å². The highest BCUT2D eigenvalue weighted by Crippen LogP contribution is 2.22. The van der Waals surface area contributed by atoms with Crippen molar-refractivity contribution in [3.8, 4) is 0 Å². The van der Waals surface area contributed by atoms with Crippen LogP contribution in [0.5, 0.6) is 0 Å². The second-order valence-corrected chi connectivity index (χ2v) is 7.16. The molecule has 0 aliphatic rings. The molecule has 0 aliphatic heterocycles. The zero-order chi connectivity index (χ0) is 20.5. The summed E-state index contributed by atoms with van der Waals surface area (Å²) in [6.45, 7) is 6.93. The Bertz CT molecular complexity index is 492. The number of carboxylic acid groups (broad SMARTS) is 2. The SMILES string of the molecule is CCCCCCC(CCC)CCCCC.O=C(O)c1ccccc1C(=O)O. The number of carbonyl (C=O) groups is 2. The van der Waals surface area contributed by atoms with E-state index < -0.39 is 11.9 Å². The molecule has 1 atom stereocenters. The minimum atomic E-state index is -1.23. The van der Waals surface area contributed by atoms with E-state index in [-0.39, 0.29) is 11.1 Å². The number of hydrogen-bond donors (Lipinski definition) is 2. The Balaban J connectivity index is 0.000000511. The van der Waals surface area contributed by atoms with E-state index in [9.17, 15) is 9.59 Å². The van der Waals surface area contributed by atoms with E-state index in [4.69, 9.17) is 10.2 Å². The zero-order valence-corrected chi connectivity index (χ0v) is 17.4. The molecule has 1 aromatic rings. The van der Waals surface area contributed by atoms with E-state index in [1.54, 1.807) is 0 Å². The maximum absolute atomic E-state index is 10.5. The van der Waals surface area contributed by atoms with Gasteiger partial charge in [-0.1, -0.05) is 104 Å². The lowest BCUT2D eigenvalue weighted by molar-refractivity contribution is 0.0651. The van der Waals surface area contributed by atoms with Gasteiger partial charge in [0.1, 0.15) is 0 Å². The van der Waals surface area contributed by atoms with E-state index in [0.29, 0.717) is 0 Å².